The molecule has 0 amide bonds. The summed E-state index contributed by atoms with van der Waals surface area (Å²) >= 11 is 0. The molecule has 1 aliphatic rings. The van der Waals surface area contributed by atoms with Crippen molar-refractivity contribution in [2.75, 3.05) is 26.7 Å². The zero-order chi connectivity index (χ0) is 14.4. The second kappa shape index (κ2) is 7.17. The van der Waals surface area contributed by atoms with E-state index in [1.807, 2.05) is 37.4 Å². The lowest BCUT2D eigenvalue weighted by Crippen LogP contribution is -2.47. The molecular formula is C14H23N3O2S. The van der Waals surface area contributed by atoms with E-state index in [0.29, 0.717) is 25.6 Å². The average Bonchev–Trinajstić information content (AvgIpc) is 2.47. The minimum atomic E-state index is -3.38. The van der Waals surface area contributed by atoms with Gasteiger partial charge in [0.15, 0.2) is 0 Å². The van der Waals surface area contributed by atoms with Gasteiger partial charge in [-0.2, -0.15) is 17.4 Å². The van der Waals surface area contributed by atoms with E-state index < -0.39 is 10.2 Å². The molecule has 2 rings (SSSR count). The van der Waals surface area contributed by atoms with E-state index in [1.165, 1.54) is 0 Å². The molecular weight excluding hydrogens is 274 g/mol. The Kier molecular flexibility index (Phi) is 5.54. The maximum absolute atomic E-state index is 12.3. The summed E-state index contributed by atoms with van der Waals surface area (Å²) in [6.07, 6.45) is 2.02. The van der Waals surface area contributed by atoms with Crippen molar-refractivity contribution in [3.05, 3.63) is 35.9 Å². The summed E-state index contributed by atoms with van der Waals surface area (Å²) in [4.78, 5) is 0. The van der Waals surface area contributed by atoms with Gasteiger partial charge in [-0.1, -0.05) is 30.3 Å². The maximum atomic E-state index is 12.3. The molecule has 6 heteroatoms. The number of hydrogen-bond acceptors (Lipinski definition) is 3. The third kappa shape index (κ3) is 4.28. The molecule has 0 radical (unpaired) electrons. The summed E-state index contributed by atoms with van der Waals surface area (Å²) in [5, 5.41) is 3.13. The van der Waals surface area contributed by atoms with E-state index in [0.717, 1.165) is 24.9 Å². The van der Waals surface area contributed by atoms with Gasteiger partial charge in [-0.25, -0.2) is 0 Å². The largest absolute Gasteiger partial charge is 0.319 e. The fourth-order valence-corrected chi connectivity index (χ4v) is 3.87. The van der Waals surface area contributed by atoms with Gasteiger partial charge in [0.1, 0.15) is 0 Å². The van der Waals surface area contributed by atoms with Crippen LogP contribution >= 0.6 is 0 Å². The quantitative estimate of drug-likeness (QED) is 0.822. The van der Waals surface area contributed by atoms with Gasteiger partial charge in [0, 0.05) is 19.6 Å². The molecule has 112 valence electrons. The zero-order valence-corrected chi connectivity index (χ0v) is 12.7. The van der Waals surface area contributed by atoms with E-state index in [4.69, 9.17) is 0 Å². The predicted molar refractivity (Wildman–Crippen MR) is 80.4 cm³/mol. The van der Waals surface area contributed by atoms with Gasteiger partial charge in [0.25, 0.3) is 10.2 Å². The Labute approximate surface area is 121 Å². The lowest BCUT2D eigenvalue weighted by molar-refractivity contribution is 0.261. The summed E-state index contributed by atoms with van der Waals surface area (Å²) < 4.78 is 28.9. The summed E-state index contributed by atoms with van der Waals surface area (Å²) in [5.41, 5.74) is 0.972. The van der Waals surface area contributed by atoms with Gasteiger partial charge in [0.2, 0.25) is 0 Å². The van der Waals surface area contributed by atoms with Gasteiger partial charge in [-0.15, -0.1) is 0 Å². The Balaban J connectivity index is 1.92. The van der Waals surface area contributed by atoms with Crippen LogP contribution in [0.4, 0.5) is 0 Å². The van der Waals surface area contributed by atoms with Crippen molar-refractivity contribution in [1.82, 2.24) is 14.3 Å². The number of nitrogens with zero attached hydrogens (tertiary/aromatic N) is 1. The monoisotopic (exact) mass is 297 g/mol. The summed E-state index contributed by atoms with van der Waals surface area (Å²) in [6, 6.07) is 9.58. The Morgan fingerprint density at radius 1 is 1.30 bits per heavy atom. The van der Waals surface area contributed by atoms with Crippen LogP contribution in [0.25, 0.3) is 0 Å². The van der Waals surface area contributed by atoms with E-state index in [1.54, 1.807) is 4.31 Å². The van der Waals surface area contributed by atoms with Gasteiger partial charge in [-0.3, -0.25) is 0 Å². The van der Waals surface area contributed by atoms with Gasteiger partial charge >= 0.3 is 0 Å². The van der Waals surface area contributed by atoms with Crippen molar-refractivity contribution < 1.29 is 8.42 Å². The molecule has 1 unspecified atom stereocenters. The minimum absolute atomic E-state index is 0.344. The highest BCUT2D eigenvalue weighted by atomic mass is 32.2. The van der Waals surface area contributed by atoms with Crippen LogP contribution in [0.2, 0.25) is 0 Å². The molecule has 1 fully saturated rings. The van der Waals surface area contributed by atoms with Crippen LogP contribution in [-0.4, -0.2) is 39.4 Å². The molecule has 0 bridgehead atoms. The molecule has 1 heterocycles. The molecule has 1 aromatic carbocycles. The van der Waals surface area contributed by atoms with Crippen molar-refractivity contribution in [1.29, 1.82) is 0 Å². The number of hydrogen-bond donors (Lipinski definition) is 2. The first-order valence-electron chi connectivity index (χ1n) is 7.05. The van der Waals surface area contributed by atoms with Crippen LogP contribution in [0.15, 0.2) is 30.3 Å². The highest BCUT2D eigenvalue weighted by molar-refractivity contribution is 7.87. The molecule has 2 N–H and O–H groups in total. The molecule has 20 heavy (non-hydrogen) atoms. The normalized spacial score (nSPS) is 20.9. The van der Waals surface area contributed by atoms with Crippen molar-refractivity contribution in [2.24, 2.45) is 5.92 Å². The third-order valence-corrected chi connectivity index (χ3v) is 5.14. The van der Waals surface area contributed by atoms with Gasteiger partial charge in [0.05, 0.1) is 0 Å². The number of rotatable bonds is 6. The second-order valence-electron chi connectivity index (χ2n) is 5.24. The smallest absolute Gasteiger partial charge is 0.279 e. The third-order valence-electron chi connectivity index (χ3n) is 3.62. The number of nitrogens with one attached hydrogen (secondary N) is 2. The maximum Gasteiger partial charge on any atom is 0.279 e. The molecule has 1 aromatic rings. The highest BCUT2D eigenvalue weighted by Crippen LogP contribution is 2.18. The summed E-state index contributed by atoms with van der Waals surface area (Å²) in [5.74, 6) is 0.405. The zero-order valence-electron chi connectivity index (χ0n) is 11.9. The second-order valence-corrected chi connectivity index (χ2v) is 6.99. The standard InChI is InChI=1S/C14H23N3O2S/c1-15-10-14-8-5-9-17(12-14)20(18,19)16-11-13-6-3-2-4-7-13/h2-4,6-7,14-16H,5,8-12H2,1H3. The van der Waals surface area contributed by atoms with E-state index in [-0.39, 0.29) is 0 Å². The topological polar surface area (TPSA) is 61.4 Å². The molecule has 0 spiro atoms. The van der Waals surface area contributed by atoms with Crippen LogP contribution in [0.1, 0.15) is 18.4 Å². The fourth-order valence-electron chi connectivity index (χ4n) is 2.56. The number of piperidine rings is 1. The Morgan fingerprint density at radius 3 is 2.75 bits per heavy atom. The van der Waals surface area contributed by atoms with Crippen molar-refractivity contribution in [2.45, 2.75) is 19.4 Å². The van der Waals surface area contributed by atoms with Crippen LogP contribution in [0.3, 0.4) is 0 Å². The Bertz CT molecular complexity index is 502. The van der Waals surface area contributed by atoms with Crippen LogP contribution in [0, 0.1) is 5.92 Å². The van der Waals surface area contributed by atoms with Crippen LogP contribution in [-0.2, 0) is 16.8 Å². The molecule has 0 aromatic heterocycles. The molecule has 0 saturated carbocycles. The molecule has 1 atom stereocenters. The lowest BCUT2D eigenvalue weighted by atomic mass is 10.00. The van der Waals surface area contributed by atoms with E-state index >= 15 is 0 Å². The predicted octanol–water partition coefficient (Wildman–Crippen LogP) is 0.952. The fraction of sp³-hybridized carbons (Fsp3) is 0.571. The van der Waals surface area contributed by atoms with Gasteiger partial charge < -0.3 is 5.32 Å². The number of benzene rings is 1. The molecule has 1 saturated heterocycles. The van der Waals surface area contributed by atoms with Crippen molar-refractivity contribution in [3.63, 3.8) is 0 Å². The average molecular weight is 297 g/mol. The summed E-state index contributed by atoms with van der Waals surface area (Å²) in [6.45, 7) is 2.43. The first-order chi connectivity index (χ1) is 9.62. The van der Waals surface area contributed by atoms with E-state index in [9.17, 15) is 8.42 Å². The molecule has 5 nitrogen and oxygen atoms in total. The Morgan fingerprint density at radius 2 is 2.05 bits per heavy atom. The molecule has 1 aliphatic heterocycles. The van der Waals surface area contributed by atoms with E-state index in [2.05, 4.69) is 10.0 Å². The minimum Gasteiger partial charge on any atom is -0.319 e. The van der Waals surface area contributed by atoms with Crippen molar-refractivity contribution in [3.8, 4) is 0 Å². The molecule has 0 aliphatic carbocycles. The lowest BCUT2D eigenvalue weighted by Gasteiger charge is -2.31. The van der Waals surface area contributed by atoms with Crippen molar-refractivity contribution >= 4 is 10.2 Å². The Hall–Kier alpha value is -0.950. The van der Waals surface area contributed by atoms with Crippen LogP contribution < -0.4 is 10.0 Å². The SMILES string of the molecule is CNCC1CCCN(S(=O)(=O)NCc2ccccc2)C1. The summed E-state index contributed by atoms with van der Waals surface area (Å²) in [7, 11) is -1.47. The van der Waals surface area contributed by atoms with Crippen LogP contribution in [0.5, 0.6) is 0 Å². The first kappa shape index (κ1) is 15.4. The first-order valence-corrected chi connectivity index (χ1v) is 8.49. The van der Waals surface area contributed by atoms with Gasteiger partial charge in [-0.05, 0) is 37.9 Å². The highest BCUT2D eigenvalue weighted by Gasteiger charge is 2.28.